The van der Waals surface area contributed by atoms with Crippen molar-refractivity contribution >= 4 is 53.0 Å². The Kier molecular flexibility index (Phi) is 12.1. The summed E-state index contributed by atoms with van der Waals surface area (Å²) in [5, 5.41) is 5.47. The number of aromatic nitrogens is 1. The average Bonchev–Trinajstić information content (AvgIpc) is 3.40. The van der Waals surface area contributed by atoms with Crippen LogP contribution in [0, 0.1) is 0 Å². The van der Waals surface area contributed by atoms with Crippen LogP contribution in [-0.2, 0) is 9.47 Å². The molecule has 1 aromatic heterocycles. The Bertz CT molecular complexity index is 548. The molecule has 0 spiro atoms. The number of nitrogens with one attached hydrogen (secondary N) is 1. The first kappa shape index (κ1) is 24.2. The summed E-state index contributed by atoms with van der Waals surface area (Å²) in [5.41, 5.74) is 0. The van der Waals surface area contributed by atoms with Crippen LogP contribution >= 0.6 is 47.1 Å². The van der Waals surface area contributed by atoms with Crippen LogP contribution in [-0.4, -0.2) is 73.2 Å². The second-order valence-electron chi connectivity index (χ2n) is 6.89. The molecule has 9 heteroatoms. The van der Waals surface area contributed by atoms with Crippen LogP contribution in [0.2, 0.25) is 0 Å². The molecule has 1 unspecified atom stereocenters. The highest BCUT2D eigenvalue weighted by Crippen LogP contribution is 2.21. The molecular weight excluding hydrogens is 507 g/mol. The maximum atomic E-state index is 6.08. The standard InChI is InChI=1S/C19H32N4O2S2.HI/c1-2-20-18(21-8-4-13-26-19-22-9-14-27-19)23-10-6-16(7-11-23)25-15-17-5-3-12-24-17;/h9,14,16-17H,2-8,10-13,15H2,1H3,(H,20,21);1H. The van der Waals surface area contributed by atoms with Crippen molar-refractivity contribution in [1.82, 2.24) is 15.2 Å². The molecule has 1 N–H and O–H groups in total. The Hall–Kier alpha value is -0.100. The fourth-order valence-corrected chi connectivity index (χ4v) is 5.00. The third-order valence-electron chi connectivity index (χ3n) is 4.82. The molecular formula is C19H33IN4O2S2. The van der Waals surface area contributed by atoms with E-state index >= 15 is 0 Å². The van der Waals surface area contributed by atoms with Gasteiger partial charge in [0.1, 0.15) is 4.34 Å². The molecule has 1 aromatic rings. The highest BCUT2D eigenvalue weighted by atomic mass is 127. The van der Waals surface area contributed by atoms with Gasteiger partial charge in [-0.2, -0.15) is 0 Å². The fraction of sp³-hybridized carbons (Fsp3) is 0.789. The SMILES string of the molecule is CCNC(=NCCCSc1nccs1)N1CCC(OCC2CCCO2)CC1.I. The Balaban J connectivity index is 0.00000280. The molecule has 28 heavy (non-hydrogen) atoms. The molecule has 0 aromatic carbocycles. The van der Waals surface area contributed by atoms with Crippen LogP contribution in [0.15, 0.2) is 20.9 Å². The highest BCUT2D eigenvalue weighted by molar-refractivity contribution is 14.0. The Morgan fingerprint density at radius 2 is 2.29 bits per heavy atom. The van der Waals surface area contributed by atoms with E-state index in [1.165, 1.54) is 6.42 Å². The molecule has 3 heterocycles. The zero-order valence-corrected chi connectivity index (χ0v) is 20.6. The van der Waals surface area contributed by atoms with Crippen LogP contribution in [0.4, 0.5) is 0 Å². The molecule has 0 saturated carbocycles. The number of aliphatic imine (C=N–C) groups is 1. The molecule has 0 amide bonds. The Morgan fingerprint density at radius 3 is 2.96 bits per heavy atom. The number of nitrogens with zero attached hydrogens (tertiary/aromatic N) is 3. The lowest BCUT2D eigenvalue weighted by atomic mass is 10.1. The number of thiazole rings is 1. The van der Waals surface area contributed by atoms with Crippen molar-refractivity contribution in [2.45, 2.75) is 55.6 Å². The van der Waals surface area contributed by atoms with Gasteiger partial charge < -0.3 is 19.7 Å². The van der Waals surface area contributed by atoms with Gasteiger partial charge in [-0.05, 0) is 39.0 Å². The minimum Gasteiger partial charge on any atom is -0.376 e. The first-order chi connectivity index (χ1) is 13.3. The van der Waals surface area contributed by atoms with E-state index in [1.807, 2.05) is 23.3 Å². The molecule has 2 aliphatic heterocycles. The van der Waals surface area contributed by atoms with Crippen LogP contribution in [0.5, 0.6) is 0 Å². The lowest BCUT2D eigenvalue weighted by Gasteiger charge is -2.34. The first-order valence-corrected chi connectivity index (χ1v) is 12.0. The van der Waals surface area contributed by atoms with Crippen LogP contribution in [0.25, 0.3) is 0 Å². The van der Waals surface area contributed by atoms with Gasteiger partial charge in [-0.1, -0.05) is 11.8 Å². The molecule has 6 nitrogen and oxygen atoms in total. The van der Waals surface area contributed by atoms with E-state index in [9.17, 15) is 0 Å². The lowest BCUT2D eigenvalue weighted by molar-refractivity contribution is -0.0367. The van der Waals surface area contributed by atoms with Crippen molar-refractivity contribution in [3.05, 3.63) is 11.6 Å². The van der Waals surface area contributed by atoms with Crippen LogP contribution < -0.4 is 5.32 Å². The molecule has 2 saturated heterocycles. The number of hydrogen-bond acceptors (Lipinski definition) is 6. The smallest absolute Gasteiger partial charge is 0.193 e. The molecule has 0 radical (unpaired) electrons. The number of guanidine groups is 1. The van der Waals surface area contributed by atoms with Crippen molar-refractivity contribution < 1.29 is 9.47 Å². The Morgan fingerprint density at radius 1 is 1.43 bits per heavy atom. The topological polar surface area (TPSA) is 59.0 Å². The maximum Gasteiger partial charge on any atom is 0.193 e. The predicted molar refractivity (Wildman–Crippen MR) is 128 cm³/mol. The summed E-state index contributed by atoms with van der Waals surface area (Å²) < 4.78 is 12.9. The highest BCUT2D eigenvalue weighted by Gasteiger charge is 2.24. The van der Waals surface area contributed by atoms with E-state index in [4.69, 9.17) is 14.5 Å². The number of thioether (sulfide) groups is 1. The van der Waals surface area contributed by atoms with E-state index < -0.39 is 0 Å². The van der Waals surface area contributed by atoms with Crippen LogP contribution in [0.3, 0.4) is 0 Å². The molecule has 2 fully saturated rings. The summed E-state index contributed by atoms with van der Waals surface area (Å²) in [5.74, 6) is 2.12. The summed E-state index contributed by atoms with van der Waals surface area (Å²) in [7, 11) is 0. The second kappa shape index (κ2) is 14.0. The summed E-state index contributed by atoms with van der Waals surface area (Å²) >= 11 is 3.53. The summed E-state index contributed by atoms with van der Waals surface area (Å²) in [6, 6.07) is 0. The maximum absolute atomic E-state index is 6.08. The van der Waals surface area contributed by atoms with E-state index in [2.05, 4.69) is 22.1 Å². The van der Waals surface area contributed by atoms with Crippen molar-refractivity contribution in [3.63, 3.8) is 0 Å². The number of piperidine rings is 1. The van der Waals surface area contributed by atoms with E-state index in [-0.39, 0.29) is 24.0 Å². The summed E-state index contributed by atoms with van der Waals surface area (Å²) in [6.07, 6.45) is 8.08. The normalized spacial score (nSPS) is 21.0. The molecule has 160 valence electrons. The Labute approximate surface area is 194 Å². The minimum absolute atomic E-state index is 0. The molecule has 2 aliphatic rings. The quantitative estimate of drug-likeness (QED) is 0.169. The van der Waals surface area contributed by atoms with Crippen LogP contribution in [0.1, 0.15) is 39.0 Å². The van der Waals surface area contributed by atoms with Crippen molar-refractivity contribution in [3.8, 4) is 0 Å². The van der Waals surface area contributed by atoms with E-state index in [1.54, 1.807) is 11.3 Å². The third-order valence-corrected chi connectivity index (χ3v) is 6.87. The number of hydrogen-bond donors (Lipinski definition) is 1. The average molecular weight is 541 g/mol. The second-order valence-corrected chi connectivity index (χ2v) is 9.13. The monoisotopic (exact) mass is 540 g/mol. The van der Waals surface area contributed by atoms with Crippen molar-refractivity contribution in [1.29, 1.82) is 0 Å². The third kappa shape index (κ3) is 8.33. The van der Waals surface area contributed by atoms with Gasteiger partial charge in [0.2, 0.25) is 0 Å². The van der Waals surface area contributed by atoms with Gasteiger partial charge in [-0.15, -0.1) is 35.3 Å². The van der Waals surface area contributed by atoms with Gasteiger partial charge >= 0.3 is 0 Å². The number of likely N-dealkylation sites (tertiary alicyclic amines) is 1. The number of ether oxygens (including phenoxy) is 2. The van der Waals surface area contributed by atoms with Gasteiger partial charge in [-0.25, -0.2) is 4.98 Å². The van der Waals surface area contributed by atoms with Gasteiger partial charge in [-0.3, -0.25) is 4.99 Å². The number of rotatable bonds is 9. The predicted octanol–water partition coefficient (Wildman–Crippen LogP) is 3.87. The van der Waals surface area contributed by atoms with Gasteiger partial charge in [0.25, 0.3) is 0 Å². The number of halogens is 1. The molecule has 3 rings (SSSR count). The van der Waals surface area contributed by atoms with Gasteiger partial charge in [0, 0.05) is 50.1 Å². The van der Waals surface area contributed by atoms with Gasteiger partial charge in [0.05, 0.1) is 18.8 Å². The molecule has 1 atom stereocenters. The van der Waals surface area contributed by atoms with E-state index in [0.717, 1.165) is 81.1 Å². The zero-order valence-electron chi connectivity index (χ0n) is 16.7. The fourth-order valence-electron chi connectivity index (χ4n) is 3.37. The minimum atomic E-state index is 0. The van der Waals surface area contributed by atoms with E-state index in [0.29, 0.717) is 12.2 Å². The zero-order chi connectivity index (χ0) is 18.7. The largest absolute Gasteiger partial charge is 0.376 e. The van der Waals surface area contributed by atoms with Gasteiger partial charge in [0.15, 0.2) is 5.96 Å². The lowest BCUT2D eigenvalue weighted by Crippen LogP contribution is -2.47. The van der Waals surface area contributed by atoms with Crippen molar-refractivity contribution in [2.75, 3.05) is 45.1 Å². The first-order valence-electron chi connectivity index (χ1n) is 10.1. The summed E-state index contributed by atoms with van der Waals surface area (Å²) in [4.78, 5) is 11.5. The molecule has 0 aliphatic carbocycles. The molecule has 0 bridgehead atoms. The summed E-state index contributed by atoms with van der Waals surface area (Å²) in [6.45, 7) is 7.57. The van der Waals surface area contributed by atoms with Crippen molar-refractivity contribution in [2.24, 2.45) is 4.99 Å².